The van der Waals surface area contributed by atoms with E-state index in [1.807, 2.05) is 0 Å². The summed E-state index contributed by atoms with van der Waals surface area (Å²) in [5.74, 6) is 0. The topological polar surface area (TPSA) is 72.7 Å². The first kappa shape index (κ1) is 6.95. The van der Waals surface area contributed by atoms with E-state index in [4.69, 9.17) is 15.3 Å². The Labute approximate surface area is 53.1 Å². The molecule has 54 valence electrons. The molecule has 0 aromatic heterocycles. The van der Waals surface area contributed by atoms with E-state index in [0.29, 0.717) is 13.0 Å². The van der Waals surface area contributed by atoms with E-state index in [9.17, 15) is 0 Å². The van der Waals surface area contributed by atoms with Gasteiger partial charge < -0.3 is 15.3 Å². The van der Waals surface area contributed by atoms with Crippen LogP contribution in [0.5, 0.6) is 0 Å². The lowest BCUT2D eigenvalue weighted by Crippen LogP contribution is -2.52. The van der Waals surface area contributed by atoms with E-state index in [-0.39, 0.29) is 0 Å². The molecule has 0 aliphatic carbocycles. The predicted octanol–water partition coefficient (Wildman–Crippen LogP) is -1.98. The standard InChI is InChI=1S/C5H11NO3/c7-3-1-2-6-5(9)4(3)8/h3-9H,1-2H2. The number of hydrogen-bond acceptors (Lipinski definition) is 4. The summed E-state index contributed by atoms with van der Waals surface area (Å²) in [6.07, 6.45) is -2.27. The van der Waals surface area contributed by atoms with E-state index >= 15 is 0 Å². The molecule has 0 aromatic rings. The Bertz CT molecular complexity index is 88.2. The molecule has 1 saturated heterocycles. The number of nitrogens with one attached hydrogen (secondary N) is 1. The average Bonchev–Trinajstić information content (AvgIpc) is 1.83. The van der Waals surface area contributed by atoms with Crippen molar-refractivity contribution in [1.82, 2.24) is 5.32 Å². The van der Waals surface area contributed by atoms with E-state index in [2.05, 4.69) is 5.32 Å². The molecule has 1 aliphatic heterocycles. The smallest absolute Gasteiger partial charge is 0.133 e. The van der Waals surface area contributed by atoms with Gasteiger partial charge in [0.05, 0.1) is 6.10 Å². The second-order valence-corrected chi connectivity index (χ2v) is 2.25. The van der Waals surface area contributed by atoms with Gasteiger partial charge in [0.1, 0.15) is 12.3 Å². The van der Waals surface area contributed by atoms with Crippen molar-refractivity contribution in [3.05, 3.63) is 0 Å². The summed E-state index contributed by atoms with van der Waals surface area (Å²) in [5, 5.41) is 29.2. The highest BCUT2D eigenvalue weighted by molar-refractivity contribution is 4.79. The zero-order chi connectivity index (χ0) is 6.85. The Hall–Kier alpha value is -0.160. The lowest BCUT2D eigenvalue weighted by Gasteiger charge is -2.28. The van der Waals surface area contributed by atoms with Gasteiger partial charge in [0.25, 0.3) is 0 Å². The molecule has 0 aromatic carbocycles. The van der Waals surface area contributed by atoms with E-state index in [1.165, 1.54) is 0 Å². The molecule has 1 rings (SSSR count). The second-order valence-electron chi connectivity index (χ2n) is 2.25. The molecule has 9 heavy (non-hydrogen) atoms. The van der Waals surface area contributed by atoms with E-state index < -0.39 is 18.4 Å². The molecule has 4 N–H and O–H groups in total. The lowest BCUT2D eigenvalue weighted by molar-refractivity contribution is -0.0931. The quantitative estimate of drug-likeness (QED) is 0.309. The summed E-state index contributed by atoms with van der Waals surface area (Å²) < 4.78 is 0. The average molecular weight is 133 g/mol. The highest BCUT2D eigenvalue weighted by Crippen LogP contribution is 2.06. The van der Waals surface area contributed by atoms with Crippen LogP contribution < -0.4 is 5.32 Å². The minimum atomic E-state index is -1.03. The molecule has 4 nitrogen and oxygen atoms in total. The molecule has 0 saturated carbocycles. The maximum Gasteiger partial charge on any atom is 0.133 e. The van der Waals surface area contributed by atoms with Gasteiger partial charge in [0.15, 0.2) is 0 Å². The minimum absolute atomic E-state index is 0.498. The second kappa shape index (κ2) is 2.62. The van der Waals surface area contributed by atoms with E-state index in [0.717, 1.165) is 0 Å². The molecule has 1 heterocycles. The van der Waals surface area contributed by atoms with Gasteiger partial charge in [-0.05, 0) is 6.42 Å². The van der Waals surface area contributed by atoms with Gasteiger partial charge in [-0.1, -0.05) is 0 Å². The first-order valence-electron chi connectivity index (χ1n) is 2.99. The zero-order valence-corrected chi connectivity index (χ0v) is 4.99. The van der Waals surface area contributed by atoms with Crippen molar-refractivity contribution in [2.45, 2.75) is 24.9 Å². The summed E-state index contributed by atoms with van der Waals surface area (Å²) >= 11 is 0. The summed E-state index contributed by atoms with van der Waals surface area (Å²) in [6, 6.07) is 0. The van der Waals surface area contributed by atoms with Gasteiger partial charge in [-0.3, -0.25) is 5.32 Å². The predicted molar refractivity (Wildman–Crippen MR) is 30.6 cm³/mol. The van der Waals surface area contributed by atoms with Crippen molar-refractivity contribution in [2.24, 2.45) is 0 Å². The first-order chi connectivity index (χ1) is 4.22. The van der Waals surface area contributed by atoms with Crippen LogP contribution in [0.3, 0.4) is 0 Å². The van der Waals surface area contributed by atoms with Crippen LogP contribution >= 0.6 is 0 Å². The maximum atomic E-state index is 8.90. The lowest BCUT2D eigenvalue weighted by atomic mass is 10.1. The number of piperidine rings is 1. The van der Waals surface area contributed by atoms with Crippen LogP contribution in [0.25, 0.3) is 0 Å². The fraction of sp³-hybridized carbons (Fsp3) is 1.00. The Kier molecular flexibility index (Phi) is 2.02. The van der Waals surface area contributed by atoms with E-state index in [1.54, 1.807) is 0 Å². The summed E-state index contributed by atoms with van der Waals surface area (Å²) in [6.45, 7) is 0.555. The third kappa shape index (κ3) is 1.40. The molecule has 0 spiro atoms. The molecule has 1 fully saturated rings. The monoisotopic (exact) mass is 133 g/mol. The van der Waals surface area contributed by atoms with Gasteiger partial charge in [-0.25, -0.2) is 0 Å². The fourth-order valence-corrected chi connectivity index (χ4v) is 0.881. The molecular formula is C5H11NO3. The van der Waals surface area contributed by atoms with Crippen LogP contribution in [0.2, 0.25) is 0 Å². The van der Waals surface area contributed by atoms with Gasteiger partial charge in [0, 0.05) is 6.54 Å². The third-order valence-electron chi connectivity index (χ3n) is 1.51. The number of aliphatic hydroxyl groups excluding tert-OH is 3. The molecule has 3 unspecified atom stereocenters. The maximum absolute atomic E-state index is 8.90. The molecule has 0 radical (unpaired) electrons. The van der Waals surface area contributed by atoms with Crippen LogP contribution in [-0.4, -0.2) is 40.3 Å². The van der Waals surface area contributed by atoms with Gasteiger partial charge in [0.2, 0.25) is 0 Å². The summed E-state index contributed by atoms with van der Waals surface area (Å²) in [7, 11) is 0. The molecule has 4 heteroatoms. The van der Waals surface area contributed by atoms with Crippen molar-refractivity contribution in [1.29, 1.82) is 0 Å². The highest BCUT2D eigenvalue weighted by atomic mass is 16.4. The van der Waals surface area contributed by atoms with Crippen LogP contribution in [0.4, 0.5) is 0 Å². The van der Waals surface area contributed by atoms with Crippen LogP contribution in [0, 0.1) is 0 Å². The van der Waals surface area contributed by atoms with Crippen molar-refractivity contribution in [2.75, 3.05) is 6.54 Å². The molecular weight excluding hydrogens is 122 g/mol. The fourth-order valence-electron chi connectivity index (χ4n) is 0.881. The molecule has 1 aliphatic rings. The van der Waals surface area contributed by atoms with Crippen LogP contribution in [-0.2, 0) is 0 Å². The third-order valence-corrected chi connectivity index (χ3v) is 1.51. The molecule has 3 atom stereocenters. The van der Waals surface area contributed by atoms with Crippen molar-refractivity contribution >= 4 is 0 Å². The van der Waals surface area contributed by atoms with Crippen molar-refractivity contribution < 1.29 is 15.3 Å². The first-order valence-corrected chi connectivity index (χ1v) is 2.99. The Morgan fingerprint density at radius 2 is 1.89 bits per heavy atom. The Morgan fingerprint density at radius 3 is 2.33 bits per heavy atom. The normalized spacial score (nSPS) is 45.0. The highest BCUT2D eigenvalue weighted by Gasteiger charge is 2.27. The SMILES string of the molecule is OC1CCNC(O)C1O. The Morgan fingerprint density at radius 1 is 1.22 bits per heavy atom. The Balaban J connectivity index is 2.41. The summed E-state index contributed by atoms with van der Waals surface area (Å²) in [4.78, 5) is 0. The van der Waals surface area contributed by atoms with Crippen molar-refractivity contribution in [3.8, 4) is 0 Å². The number of rotatable bonds is 0. The summed E-state index contributed by atoms with van der Waals surface area (Å²) in [5.41, 5.74) is 0. The van der Waals surface area contributed by atoms with Gasteiger partial charge in [-0.2, -0.15) is 0 Å². The molecule has 0 bridgehead atoms. The number of hydrogen-bond donors (Lipinski definition) is 4. The van der Waals surface area contributed by atoms with Gasteiger partial charge in [-0.15, -0.1) is 0 Å². The number of aliphatic hydroxyl groups is 3. The van der Waals surface area contributed by atoms with Crippen LogP contribution in [0.15, 0.2) is 0 Å². The van der Waals surface area contributed by atoms with Crippen molar-refractivity contribution in [3.63, 3.8) is 0 Å². The zero-order valence-electron chi connectivity index (χ0n) is 4.99. The van der Waals surface area contributed by atoms with Crippen LogP contribution in [0.1, 0.15) is 6.42 Å². The minimum Gasteiger partial charge on any atom is -0.390 e. The largest absolute Gasteiger partial charge is 0.390 e. The van der Waals surface area contributed by atoms with Gasteiger partial charge >= 0.3 is 0 Å². The molecule has 0 amide bonds.